The number of hydrogen-bond acceptors (Lipinski definition) is 2. The molecule has 2 unspecified atom stereocenters. The van der Waals surface area contributed by atoms with Crippen LogP contribution in [0, 0.1) is 0 Å². The van der Waals surface area contributed by atoms with E-state index in [2.05, 4.69) is 0 Å². The van der Waals surface area contributed by atoms with Gasteiger partial charge in [0.25, 0.3) is 0 Å². The van der Waals surface area contributed by atoms with Crippen molar-refractivity contribution in [1.82, 2.24) is 0 Å². The second kappa shape index (κ2) is 3.87. The third-order valence-corrected chi connectivity index (χ3v) is 3.39. The largest absolute Gasteiger partial charge is 0.403 e. The molecule has 0 amide bonds. The molecule has 1 heterocycles. The monoisotopic (exact) mass is 199 g/mol. The molecule has 0 aromatic rings. The summed E-state index contributed by atoms with van der Waals surface area (Å²) in [7, 11) is 0. The van der Waals surface area contributed by atoms with E-state index in [0.29, 0.717) is 0 Å². The highest BCUT2D eigenvalue weighted by Gasteiger charge is 2.38. The van der Waals surface area contributed by atoms with Crippen LogP contribution in [0.15, 0.2) is 0 Å². The zero-order valence-electron chi connectivity index (χ0n) is 6.60. The number of hydrogen-bond donors (Lipinski definition) is 1. The molecule has 1 fully saturated rings. The lowest BCUT2D eigenvalue weighted by Crippen LogP contribution is -2.39. The van der Waals surface area contributed by atoms with Gasteiger partial charge in [0.15, 0.2) is 0 Å². The average Bonchev–Trinajstić information content (AvgIpc) is 2.37. The molecule has 12 heavy (non-hydrogen) atoms. The van der Waals surface area contributed by atoms with Crippen LogP contribution >= 0.6 is 11.8 Å². The summed E-state index contributed by atoms with van der Waals surface area (Å²) < 4.78 is 35.9. The minimum atomic E-state index is -4.22. The van der Waals surface area contributed by atoms with E-state index < -0.39 is 12.2 Å². The predicted octanol–water partition coefficient (Wildman–Crippen LogP) is 2.16. The van der Waals surface area contributed by atoms with Crippen molar-refractivity contribution in [3.63, 3.8) is 0 Å². The Kier molecular flexibility index (Phi) is 3.29. The molecule has 1 rings (SSSR count). The summed E-state index contributed by atoms with van der Waals surface area (Å²) in [5, 5.41) is 0.127. The van der Waals surface area contributed by atoms with Gasteiger partial charge in [0.1, 0.15) is 6.04 Å². The molecule has 0 radical (unpaired) electrons. The van der Waals surface area contributed by atoms with E-state index in [-0.39, 0.29) is 11.7 Å². The van der Waals surface area contributed by atoms with Crippen LogP contribution in [0.5, 0.6) is 0 Å². The molecule has 0 aromatic carbocycles. The van der Waals surface area contributed by atoms with Gasteiger partial charge in [-0.15, -0.1) is 0 Å². The van der Waals surface area contributed by atoms with Gasteiger partial charge in [0.05, 0.1) is 0 Å². The van der Waals surface area contributed by atoms with E-state index in [0.717, 1.165) is 18.6 Å². The summed E-state index contributed by atoms with van der Waals surface area (Å²) in [6, 6.07) is -1.63. The molecule has 0 aromatic heterocycles. The van der Waals surface area contributed by atoms with Crippen molar-refractivity contribution in [2.45, 2.75) is 36.7 Å². The number of alkyl halides is 3. The zero-order valence-corrected chi connectivity index (χ0v) is 7.42. The Morgan fingerprint density at radius 2 is 2.17 bits per heavy atom. The third kappa shape index (κ3) is 2.86. The van der Waals surface area contributed by atoms with E-state index in [4.69, 9.17) is 5.73 Å². The average molecular weight is 199 g/mol. The van der Waals surface area contributed by atoms with Crippen LogP contribution in [0.4, 0.5) is 13.2 Å². The van der Waals surface area contributed by atoms with E-state index in [1.807, 2.05) is 0 Å². The fraction of sp³-hybridized carbons (Fsp3) is 1.00. The summed E-state index contributed by atoms with van der Waals surface area (Å²) in [5.74, 6) is 0.981. The van der Waals surface area contributed by atoms with Gasteiger partial charge in [-0.25, -0.2) is 0 Å². The summed E-state index contributed by atoms with van der Waals surface area (Å²) in [5.41, 5.74) is 4.99. The first-order valence-electron chi connectivity index (χ1n) is 3.94. The van der Waals surface area contributed by atoms with Gasteiger partial charge in [-0.3, -0.25) is 0 Å². The topological polar surface area (TPSA) is 26.0 Å². The number of nitrogens with two attached hydrogens (primary N) is 1. The van der Waals surface area contributed by atoms with Gasteiger partial charge >= 0.3 is 6.18 Å². The minimum Gasteiger partial charge on any atom is -0.320 e. The van der Waals surface area contributed by atoms with Crippen molar-refractivity contribution in [1.29, 1.82) is 0 Å². The first kappa shape index (κ1) is 10.2. The standard InChI is InChI=1S/C7H12F3NS/c8-7(9,10)6(11)4-5-2-1-3-12-5/h5-6H,1-4,11H2. The molecule has 2 atom stereocenters. The number of rotatable bonds is 2. The maximum atomic E-state index is 12.0. The van der Waals surface area contributed by atoms with Crippen molar-refractivity contribution < 1.29 is 13.2 Å². The maximum absolute atomic E-state index is 12.0. The van der Waals surface area contributed by atoms with Crippen LogP contribution in [-0.4, -0.2) is 23.2 Å². The Morgan fingerprint density at radius 1 is 1.50 bits per heavy atom. The third-order valence-electron chi connectivity index (χ3n) is 1.96. The lowest BCUT2D eigenvalue weighted by molar-refractivity contribution is -0.148. The normalized spacial score (nSPS) is 27.5. The highest BCUT2D eigenvalue weighted by atomic mass is 32.2. The highest BCUT2D eigenvalue weighted by Crippen LogP contribution is 2.32. The van der Waals surface area contributed by atoms with Crippen LogP contribution in [0.2, 0.25) is 0 Å². The molecule has 0 saturated carbocycles. The Labute approximate surface area is 73.9 Å². The van der Waals surface area contributed by atoms with E-state index >= 15 is 0 Å². The van der Waals surface area contributed by atoms with E-state index in [9.17, 15) is 13.2 Å². The molecule has 1 aliphatic heterocycles. The lowest BCUT2D eigenvalue weighted by Gasteiger charge is -2.18. The van der Waals surface area contributed by atoms with E-state index in [1.54, 1.807) is 11.8 Å². The van der Waals surface area contributed by atoms with Crippen molar-refractivity contribution >= 4 is 11.8 Å². The summed E-state index contributed by atoms with van der Waals surface area (Å²) in [6.07, 6.45) is -2.23. The summed E-state index contributed by atoms with van der Waals surface area (Å²) >= 11 is 1.61. The van der Waals surface area contributed by atoms with Crippen molar-refractivity contribution in [3.8, 4) is 0 Å². The molecule has 1 aliphatic rings. The zero-order chi connectivity index (χ0) is 9.19. The first-order valence-corrected chi connectivity index (χ1v) is 4.99. The van der Waals surface area contributed by atoms with Crippen LogP contribution in [-0.2, 0) is 0 Å². The minimum absolute atomic E-state index is 0.0775. The first-order chi connectivity index (χ1) is 5.50. The quantitative estimate of drug-likeness (QED) is 0.737. The number of halogens is 3. The second-order valence-electron chi connectivity index (χ2n) is 3.02. The Bertz CT molecular complexity index is 142. The SMILES string of the molecule is NC(CC1CCCS1)C(F)(F)F. The molecule has 0 bridgehead atoms. The fourth-order valence-electron chi connectivity index (χ4n) is 1.25. The van der Waals surface area contributed by atoms with Crippen LogP contribution in [0.25, 0.3) is 0 Å². The molecule has 72 valence electrons. The van der Waals surface area contributed by atoms with Gasteiger partial charge < -0.3 is 5.73 Å². The molecular formula is C7H12F3NS. The molecular weight excluding hydrogens is 187 g/mol. The Hall–Kier alpha value is 0.100. The second-order valence-corrected chi connectivity index (χ2v) is 4.43. The lowest BCUT2D eigenvalue weighted by atomic mass is 10.1. The van der Waals surface area contributed by atoms with Gasteiger partial charge in [-0.1, -0.05) is 0 Å². The van der Waals surface area contributed by atoms with Gasteiger partial charge in [-0.05, 0) is 25.0 Å². The van der Waals surface area contributed by atoms with Gasteiger partial charge in [0.2, 0.25) is 0 Å². The van der Waals surface area contributed by atoms with Crippen LogP contribution in [0.3, 0.4) is 0 Å². The molecule has 0 aliphatic carbocycles. The predicted molar refractivity (Wildman–Crippen MR) is 44.1 cm³/mol. The van der Waals surface area contributed by atoms with Crippen LogP contribution in [0.1, 0.15) is 19.3 Å². The fourth-order valence-corrected chi connectivity index (χ4v) is 2.59. The number of thioether (sulfide) groups is 1. The molecule has 2 N–H and O–H groups in total. The highest BCUT2D eigenvalue weighted by molar-refractivity contribution is 8.00. The molecule has 1 nitrogen and oxygen atoms in total. The Morgan fingerprint density at radius 3 is 2.58 bits per heavy atom. The summed E-state index contributed by atoms with van der Waals surface area (Å²) in [6.45, 7) is 0. The van der Waals surface area contributed by atoms with Gasteiger partial charge in [0, 0.05) is 5.25 Å². The molecule has 5 heteroatoms. The van der Waals surface area contributed by atoms with Gasteiger partial charge in [-0.2, -0.15) is 24.9 Å². The van der Waals surface area contributed by atoms with Crippen molar-refractivity contribution in [2.75, 3.05) is 5.75 Å². The molecule has 1 saturated heterocycles. The molecule has 0 spiro atoms. The van der Waals surface area contributed by atoms with Crippen LogP contribution < -0.4 is 5.73 Å². The maximum Gasteiger partial charge on any atom is 0.403 e. The Balaban J connectivity index is 2.30. The van der Waals surface area contributed by atoms with Crippen molar-refractivity contribution in [3.05, 3.63) is 0 Å². The smallest absolute Gasteiger partial charge is 0.320 e. The van der Waals surface area contributed by atoms with Crippen molar-refractivity contribution in [2.24, 2.45) is 5.73 Å². The van der Waals surface area contributed by atoms with E-state index in [1.165, 1.54) is 0 Å². The summed E-state index contributed by atoms with van der Waals surface area (Å²) in [4.78, 5) is 0.